The third-order valence-electron chi connectivity index (χ3n) is 4.66. The van der Waals surface area contributed by atoms with E-state index in [1.54, 1.807) is 11.3 Å². The molecule has 0 spiro atoms. The fourth-order valence-electron chi connectivity index (χ4n) is 3.32. The van der Waals surface area contributed by atoms with Crippen molar-refractivity contribution in [3.63, 3.8) is 0 Å². The molecule has 0 amide bonds. The maximum Gasteiger partial charge on any atom is 0.193 e. The minimum atomic E-state index is 0. The van der Waals surface area contributed by atoms with E-state index in [1.807, 2.05) is 13.2 Å². The van der Waals surface area contributed by atoms with Crippen molar-refractivity contribution >= 4 is 41.3 Å². The SMILES string of the molecule is CN=C(NCCc1ncc(C)s1)N1CCN(Cc2cccc(C)c2)CC1.I. The Bertz CT molecular complexity index is 737. The summed E-state index contributed by atoms with van der Waals surface area (Å²) in [5.74, 6) is 1.01. The lowest BCUT2D eigenvalue weighted by atomic mass is 10.1. The molecule has 0 saturated carbocycles. The molecule has 1 fully saturated rings. The van der Waals surface area contributed by atoms with Crippen LogP contribution in [0.3, 0.4) is 0 Å². The van der Waals surface area contributed by atoms with Gasteiger partial charge in [-0.25, -0.2) is 4.98 Å². The Morgan fingerprint density at radius 1 is 1.22 bits per heavy atom. The molecule has 0 unspecified atom stereocenters. The summed E-state index contributed by atoms with van der Waals surface area (Å²) in [5.41, 5.74) is 2.74. The molecule has 1 aromatic heterocycles. The van der Waals surface area contributed by atoms with E-state index in [2.05, 4.69) is 63.2 Å². The van der Waals surface area contributed by atoms with Crippen molar-refractivity contribution < 1.29 is 0 Å². The average Bonchev–Trinajstić information content (AvgIpc) is 3.05. The summed E-state index contributed by atoms with van der Waals surface area (Å²) in [7, 11) is 1.87. The van der Waals surface area contributed by atoms with Crippen LogP contribution in [0.15, 0.2) is 35.5 Å². The van der Waals surface area contributed by atoms with E-state index in [4.69, 9.17) is 0 Å². The molecule has 0 atom stereocenters. The fraction of sp³-hybridized carbons (Fsp3) is 0.500. The highest BCUT2D eigenvalue weighted by atomic mass is 127. The molecule has 1 aromatic carbocycles. The highest BCUT2D eigenvalue weighted by Crippen LogP contribution is 2.12. The van der Waals surface area contributed by atoms with E-state index >= 15 is 0 Å². The molecule has 1 saturated heterocycles. The number of nitrogens with one attached hydrogen (secondary N) is 1. The van der Waals surface area contributed by atoms with Crippen molar-refractivity contribution in [3.05, 3.63) is 51.5 Å². The van der Waals surface area contributed by atoms with Gasteiger partial charge in [-0.1, -0.05) is 29.8 Å². The molecule has 1 aliphatic heterocycles. The normalized spacial score (nSPS) is 15.5. The Morgan fingerprint density at radius 3 is 2.63 bits per heavy atom. The first kappa shape index (κ1) is 22.1. The van der Waals surface area contributed by atoms with Crippen molar-refractivity contribution in [2.24, 2.45) is 4.99 Å². The van der Waals surface area contributed by atoms with Gasteiger partial charge in [-0.15, -0.1) is 35.3 Å². The van der Waals surface area contributed by atoms with Crippen LogP contribution < -0.4 is 5.32 Å². The number of thiazole rings is 1. The third-order valence-corrected chi connectivity index (χ3v) is 5.64. The van der Waals surface area contributed by atoms with Gasteiger partial charge in [0, 0.05) is 63.8 Å². The van der Waals surface area contributed by atoms with E-state index in [-0.39, 0.29) is 24.0 Å². The molecular formula is C20H30IN5S. The summed E-state index contributed by atoms with van der Waals surface area (Å²) in [6.07, 6.45) is 2.90. The highest BCUT2D eigenvalue weighted by molar-refractivity contribution is 14.0. The predicted octanol–water partition coefficient (Wildman–Crippen LogP) is 3.31. The summed E-state index contributed by atoms with van der Waals surface area (Å²) in [5, 5.41) is 4.68. The molecule has 27 heavy (non-hydrogen) atoms. The Hall–Kier alpha value is -1.19. The quantitative estimate of drug-likeness (QED) is 0.390. The number of hydrogen-bond donors (Lipinski definition) is 1. The van der Waals surface area contributed by atoms with Gasteiger partial charge < -0.3 is 10.2 Å². The van der Waals surface area contributed by atoms with Crippen LogP contribution in [0, 0.1) is 13.8 Å². The van der Waals surface area contributed by atoms with Gasteiger partial charge in [-0.3, -0.25) is 9.89 Å². The lowest BCUT2D eigenvalue weighted by Gasteiger charge is -2.36. The lowest BCUT2D eigenvalue weighted by Crippen LogP contribution is -2.52. The van der Waals surface area contributed by atoms with Crippen LogP contribution in [0.4, 0.5) is 0 Å². The van der Waals surface area contributed by atoms with Crippen LogP contribution in [0.2, 0.25) is 0 Å². The largest absolute Gasteiger partial charge is 0.356 e. The number of aryl methyl sites for hydroxylation is 2. The second-order valence-corrected chi connectivity index (χ2v) is 8.16. The van der Waals surface area contributed by atoms with Crippen molar-refractivity contribution in [2.45, 2.75) is 26.8 Å². The molecule has 7 heteroatoms. The highest BCUT2D eigenvalue weighted by Gasteiger charge is 2.19. The van der Waals surface area contributed by atoms with Crippen LogP contribution in [-0.4, -0.2) is 60.5 Å². The Labute approximate surface area is 183 Å². The molecule has 1 aliphatic rings. The van der Waals surface area contributed by atoms with Gasteiger partial charge in [0.05, 0.1) is 5.01 Å². The number of guanidine groups is 1. The first-order chi connectivity index (χ1) is 12.6. The Kier molecular flexibility index (Phi) is 8.98. The van der Waals surface area contributed by atoms with Gasteiger partial charge >= 0.3 is 0 Å². The fourth-order valence-corrected chi connectivity index (χ4v) is 4.10. The summed E-state index contributed by atoms with van der Waals surface area (Å²) in [6.45, 7) is 10.3. The number of benzene rings is 1. The molecule has 3 rings (SSSR count). The molecule has 2 aromatic rings. The molecule has 5 nitrogen and oxygen atoms in total. The topological polar surface area (TPSA) is 43.8 Å². The smallest absolute Gasteiger partial charge is 0.193 e. The summed E-state index contributed by atoms with van der Waals surface area (Å²) < 4.78 is 0. The maximum atomic E-state index is 4.46. The van der Waals surface area contributed by atoms with E-state index in [1.165, 1.54) is 21.0 Å². The summed E-state index contributed by atoms with van der Waals surface area (Å²) in [4.78, 5) is 15.0. The van der Waals surface area contributed by atoms with Crippen LogP contribution in [-0.2, 0) is 13.0 Å². The third kappa shape index (κ3) is 6.73. The zero-order valence-corrected chi connectivity index (χ0v) is 19.6. The number of halogens is 1. The number of rotatable bonds is 5. The van der Waals surface area contributed by atoms with E-state index in [0.717, 1.165) is 51.6 Å². The lowest BCUT2D eigenvalue weighted by molar-refractivity contribution is 0.172. The van der Waals surface area contributed by atoms with Gasteiger partial charge in [0.15, 0.2) is 5.96 Å². The average molecular weight is 499 g/mol. The minimum absolute atomic E-state index is 0. The summed E-state index contributed by atoms with van der Waals surface area (Å²) in [6, 6.07) is 8.81. The van der Waals surface area contributed by atoms with E-state index in [0.29, 0.717) is 0 Å². The number of hydrogen-bond acceptors (Lipinski definition) is 4. The molecule has 0 bridgehead atoms. The number of aromatic nitrogens is 1. The molecule has 1 N–H and O–H groups in total. The van der Waals surface area contributed by atoms with Crippen molar-refractivity contribution in [2.75, 3.05) is 39.8 Å². The van der Waals surface area contributed by atoms with E-state index in [9.17, 15) is 0 Å². The van der Waals surface area contributed by atoms with Gasteiger partial charge in [0.25, 0.3) is 0 Å². The monoisotopic (exact) mass is 499 g/mol. The van der Waals surface area contributed by atoms with Crippen LogP contribution in [0.1, 0.15) is 21.0 Å². The number of piperazine rings is 1. The second-order valence-electron chi connectivity index (χ2n) is 6.84. The zero-order chi connectivity index (χ0) is 18.4. The predicted molar refractivity (Wildman–Crippen MR) is 125 cm³/mol. The van der Waals surface area contributed by atoms with Gasteiger partial charge in [-0.2, -0.15) is 0 Å². The van der Waals surface area contributed by atoms with Crippen LogP contribution in [0.5, 0.6) is 0 Å². The van der Waals surface area contributed by atoms with Gasteiger partial charge in [-0.05, 0) is 19.4 Å². The molecule has 148 valence electrons. The van der Waals surface area contributed by atoms with Gasteiger partial charge in [0.2, 0.25) is 0 Å². The molecule has 2 heterocycles. The van der Waals surface area contributed by atoms with Gasteiger partial charge in [0.1, 0.15) is 0 Å². The molecular weight excluding hydrogens is 469 g/mol. The second kappa shape index (κ2) is 11.0. The number of aliphatic imine (C=N–C) groups is 1. The first-order valence-corrected chi connectivity index (χ1v) is 10.1. The zero-order valence-electron chi connectivity index (χ0n) is 16.4. The standard InChI is InChI=1S/C20H29N5S.HI/c1-16-5-4-6-18(13-16)15-24-9-11-25(12-10-24)20(21-3)22-8-7-19-23-14-17(2)26-19;/h4-6,13-14H,7-12,15H2,1-3H3,(H,21,22);1H. The maximum absolute atomic E-state index is 4.46. The number of nitrogens with zero attached hydrogens (tertiary/aromatic N) is 4. The Balaban J connectivity index is 0.00000261. The van der Waals surface area contributed by atoms with Crippen LogP contribution in [0.25, 0.3) is 0 Å². The molecule has 0 radical (unpaired) electrons. The van der Waals surface area contributed by atoms with Crippen molar-refractivity contribution in [3.8, 4) is 0 Å². The first-order valence-electron chi connectivity index (χ1n) is 9.29. The Morgan fingerprint density at radius 2 is 2.00 bits per heavy atom. The minimum Gasteiger partial charge on any atom is -0.356 e. The van der Waals surface area contributed by atoms with Crippen molar-refractivity contribution in [1.29, 1.82) is 0 Å². The summed E-state index contributed by atoms with van der Waals surface area (Å²) >= 11 is 1.77. The van der Waals surface area contributed by atoms with Crippen molar-refractivity contribution in [1.82, 2.24) is 20.1 Å². The van der Waals surface area contributed by atoms with Crippen LogP contribution >= 0.6 is 35.3 Å². The molecule has 0 aliphatic carbocycles. The van der Waals surface area contributed by atoms with E-state index < -0.39 is 0 Å².